The van der Waals surface area contributed by atoms with Crippen LogP contribution in [-0.2, 0) is 19.5 Å². The number of pyridine rings is 1. The number of β-amino-alcohol motifs (C(OH)–C–C–N with tert-alkyl or cyclic N) is 1. The molecule has 3 aromatic rings. The predicted octanol–water partition coefficient (Wildman–Crippen LogP) is 2.07. The number of aromatic nitrogens is 3. The van der Waals surface area contributed by atoms with E-state index in [0.717, 1.165) is 36.3 Å². The molecule has 2 aromatic heterocycles. The fourth-order valence-electron chi connectivity index (χ4n) is 4.74. The van der Waals surface area contributed by atoms with Crippen LogP contribution in [0.3, 0.4) is 0 Å². The van der Waals surface area contributed by atoms with E-state index in [1.165, 1.54) is 11.1 Å². The molecule has 1 aromatic carbocycles. The SMILES string of the molecule is N#Cc1ncc(-c2ccnc(CN3CCN(C[C@H](O)CN4CCc5ccccc5C4)C3=O)c2)cn1. The topological polar surface area (TPSA) is 109 Å². The number of aliphatic hydroxyl groups excluding tert-OH is 1. The zero-order valence-corrected chi connectivity index (χ0v) is 19.4. The van der Waals surface area contributed by atoms with Gasteiger partial charge < -0.3 is 14.9 Å². The third-order valence-electron chi connectivity index (χ3n) is 6.55. The molecule has 9 nitrogen and oxygen atoms in total. The lowest BCUT2D eigenvalue weighted by Gasteiger charge is -2.31. The summed E-state index contributed by atoms with van der Waals surface area (Å²) in [4.78, 5) is 31.2. The summed E-state index contributed by atoms with van der Waals surface area (Å²) in [5.41, 5.74) is 5.12. The molecule has 2 amide bonds. The maximum absolute atomic E-state index is 13.0. The monoisotopic (exact) mass is 469 g/mol. The summed E-state index contributed by atoms with van der Waals surface area (Å²) in [5, 5.41) is 19.6. The number of benzene rings is 1. The Morgan fingerprint density at radius 1 is 0.971 bits per heavy atom. The van der Waals surface area contributed by atoms with Crippen molar-refractivity contribution in [2.75, 3.05) is 32.7 Å². The minimum Gasteiger partial charge on any atom is -0.390 e. The van der Waals surface area contributed by atoms with Gasteiger partial charge in [-0.25, -0.2) is 14.8 Å². The minimum absolute atomic E-state index is 0.0815. The van der Waals surface area contributed by atoms with Crippen LogP contribution in [0.4, 0.5) is 4.79 Å². The normalized spacial score (nSPS) is 16.7. The number of carbonyl (C=O) groups excluding carboxylic acids is 1. The molecular formula is C26H27N7O2. The van der Waals surface area contributed by atoms with Crippen LogP contribution >= 0.6 is 0 Å². The number of amides is 2. The highest BCUT2D eigenvalue weighted by Gasteiger charge is 2.30. The molecule has 0 aliphatic carbocycles. The van der Waals surface area contributed by atoms with Crippen LogP contribution in [0.25, 0.3) is 11.1 Å². The van der Waals surface area contributed by atoms with Crippen LogP contribution in [0.15, 0.2) is 55.0 Å². The summed E-state index contributed by atoms with van der Waals surface area (Å²) < 4.78 is 0. The first kappa shape index (κ1) is 22.9. The Kier molecular flexibility index (Phi) is 6.66. The summed E-state index contributed by atoms with van der Waals surface area (Å²) in [6.45, 7) is 4.19. The second kappa shape index (κ2) is 10.2. The second-order valence-corrected chi connectivity index (χ2v) is 9.00. The third-order valence-corrected chi connectivity index (χ3v) is 6.55. The Morgan fingerprint density at radius 3 is 2.54 bits per heavy atom. The molecule has 0 bridgehead atoms. The first-order chi connectivity index (χ1) is 17.1. The third kappa shape index (κ3) is 5.29. The number of urea groups is 1. The first-order valence-corrected chi connectivity index (χ1v) is 11.8. The molecule has 2 aliphatic heterocycles. The van der Waals surface area contributed by atoms with Crippen molar-refractivity contribution < 1.29 is 9.90 Å². The Balaban J connectivity index is 1.15. The largest absolute Gasteiger partial charge is 0.390 e. The van der Waals surface area contributed by atoms with Gasteiger partial charge in [0.1, 0.15) is 6.07 Å². The van der Waals surface area contributed by atoms with Crippen molar-refractivity contribution >= 4 is 6.03 Å². The highest BCUT2D eigenvalue weighted by atomic mass is 16.3. The van der Waals surface area contributed by atoms with Crippen molar-refractivity contribution in [3.8, 4) is 17.2 Å². The van der Waals surface area contributed by atoms with Crippen molar-refractivity contribution in [3.63, 3.8) is 0 Å². The number of rotatable bonds is 7. The molecule has 0 unspecified atom stereocenters. The van der Waals surface area contributed by atoms with Crippen molar-refractivity contribution in [1.82, 2.24) is 29.7 Å². The van der Waals surface area contributed by atoms with Gasteiger partial charge in [-0.3, -0.25) is 9.88 Å². The van der Waals surface area contributed by atoms with E-state index in [2.05, 4.69) is 44.1 Å². The van der Waals surface area contributed by atoms with E-state index in [1.54, 1.807) is 28.4 Å². The molecule has 1 N–H and O–H groups in total. The maximum atomic E-state index is 13.0. The molecule has 2 aliphatic rings. The van der Waals surface area contributed by atoms with Crippen LogP contribution < -0.4 is 0 Å². The Morgan fingerprint density at radius 2 is 1.74 bits per heavy atom. The summed E-state index contributed by atoms with van der Waals surface area (Å²) in [6, 6.07) is 14.0. The highest BCUT2D eigenvalue weighted by Crippen LogP contribution is 2.21. The van der Waals surface area contributed by atoms with Gasteiger partial charge in [-0.2, -0.15) is 5.26 Å². The van der Waals surface area contributed by atoms with Crippen molar-refractivity contribution in [2.24, 2.45) is 0 Å². The number of hydrogen-bond donors (Lipinski definition) is 1. The molecule has 9 heteroatoms. The smallest absolute Gasteiger partial charge is 0.320 e. The molecule has 35 heavy (non-hydrogen) atoms. The van der Waals surface area contributed by atoms with Crippen LogP contribution in [0.2, 0.25) is 0 Å². The van der Waals surface area contributed by atoms with Crippen LogP contribution in [0.1, 0.15) is 22.6 Å². The molecule has 1 fully saturated rings. The number of carbonyl (C=O) groups is 1. The lowest BCUT2D eigenvalue weighted by molar-refractivity contribution is 0.0812. The molecule has 5 rings (SSSR count). The molecular weight excluding hydrogens is 442 g/mol. The van der Waals surface area contributed by atoms with Gasteiger partial charge in [0.05, 0.1) is 18.3 Å². The van der Waals surface area contributed by atoms with Gasteiger partial charge in [-0.05, 0) is 35.2 Å². The Hall–Kier alpha value is -3.87. The molecule has 1 saturated heterocycles. The molecule has 0 radical (unpaired) electrons. The molecule has 0 spiro atoms. The van der Waals surface area contributed by atoms with Gasteiger partial charge in [-0.15, -0.1) is 0 Å². The van der Waals surface area contributed by atoms with Crippen molar-refractivity contribution in [3.05, 3.63) is 77.6 Å². The fraction of sp³-hybridized carbons (Fsp3) is 0.346. The Bertz CT molecular complexity index is 1240. The summed E-state index contributed by atoms with van der Waals surface area (Å²) >= 11 is 0. The summed E-state index contributed by atoms with van der Waals surface area (Å²) in [7, 11) is 0. The number of hydrogen-bond acceptors (Lipinski definition) is 7. The van der Waals surface area contributed by atoms with E-state index >= 15 is 0 Å². The van der Waals surface area contributed by atoms with E-state index in [1.807, 2.05) is 18.2 Å². The van der Waals surface area contributed by atoms with Gasteiger partial charge in [0, 0.05) is 63.4 Å². The van der Waals surface area contributed by atoms with Crippen molar-refractivity contribution in [1.29, 1.82) is 5.26 Å². The van der Waals surface area contributed by atoms with E-state index in [-0.39, 0.29) is 11.9 Å². The number of aliphatic hydroxyl groups is 1. The lowest BCUT2D eigenvalue weighted by Crippen LogP contribution is -2.43. The highest BCUT2D eigenvalue weighted by molar-refractivity contribution is 5.76. The van der Waals surface area contributed by atoms with Crippen LogP contribution in [0, 0.1) is 11.3 Å². The molecule has 178 valence electrons. The van der Waals surface area contributed by atoms with Gasteiger partial charge in [0.2, 0.25) is 5.82 Å². The van der Waals surface area contributed by atoms with Gasteiger partial charge in [-0.1, -0.05) is 24.3 Å². The lowest BCUT2D eigenvalue weighted by atomic mass is 10.00. The molecule has 0 saturated carbocycles. The summed E-state index contributed by atoms with van der Waals surface area (Å²) in [6.07, 6.45) is 5.30. The molecule has 4 heterocycles. The second-order valence-electron chi connectivity index (χ2n) is 9.00. The van der Waals surface area contributed by atoms with Gasteiger partial charge in [0.25, 0.3) is 0 Å². The van der Waals surface area contributed by atoms with E-state index in [0.29, 0.717) is 32.7 Å². The fourth-order valence-corrected chi connectivity index (χ4v) is 4.74. The Labute approximate surface area is 204 Å². The molecule has 1 atom stereocenters. The minimum atomic E-state index is -0.595. The van der Waals surface area contributed by atoms with E-state index in [4.69, 9.17) is 5.26 Å². The van der Waals surface area contributed by atoms with Gasteiger partial charge >= 0.3 is 6.03 Å². The van der Waals surface area contributed by atoms with Crippen LogP contribution in [0.5, 0.6) is 0 Å². The van der Waals surface area contributed by atoms with E-state index < -0.39 is 6.10 Å². The maximum Gasteiger partial charge on any atom is 0.320 e. The summed E-state index contributed by atoms with van der Waals surface area (Å²) in [5.74, 6) is 0.123. The number of fused-ring (bicyclic) bond motifs is 1. The number of nitriles is 1. The van der Waals surface area contributed by atoms with Gasteiger partial charge in [0.15, 0.2) is 0 Å². The average molecular weight is 470 g/mol. The zero-order chi connectivity index (χ0) is 24.2. The average Bonchev–Trinajstić information content (AvgIpc) is 3.22. The standard InChI is InChI=1S/C26H27N7O2/c27-12-25-29-13-22(14-30-25)20-5-7-28-23(11-20)16-32-9-10-33(26(32)35)18-24(34)17-31-8-6-19-3-1-2-4-21(19)15-31/h1-5,7,11,13-14,24,34H,6,8-10,15-18H2/t24-/m1/s1. The number of nitrogens with zero attached hydrogens (tertiary/aromatic N) is 7. The van der Waals surface area contributed by atoms with Crippen molar-refractivity contribution in [2.45, 2.75) is 25.6 Å². The predicted molar refractivity (Wildman–Crippen MR) is 129 cm³/mol. The zero-order valence-electron chi connectivity index (χ0n) is 19.4. The van der Waals surface area contributed by atoms with E-state index in [9.17, 15) is 9.90 Å². The first-order valence-electron chi connectivity index (χ1n) is 11.8. The van der Waals surface area contributed by atoms with Crippen LogP contribution in [-0.4, -0.2) is 79.6 Å². The quantitative estimate of drug-likeness (QED) is 0.564.